The molecule has 3 nitrogen and oxygen atoms in total. The minimum Gasteiger partial charge on any atom is -0.368 e. The second-order valence-corrected chi connectivity index (χ2v) is 7.81. The van der Waals surface area contributed by atoms with Gasteiger partial charge in [-0.05, 0) is 37.5 Å². The topological polar surface area (TPSA) is 23.6 Å². The van der Waals surface area contributed by atoms with Gasteiger partial charge in [0.1, 0.15) is 0 Å². The number of anilines is 1. The summed E-state index contributed by atoms with van der Waals surface area (Å²) < 4.78 is 0. The largest absolute Gasteiger partial charge is 0.368 e. The number of benzene rings is 1. The van der Waals surface area contributed by atoms with Gasteiger partial charge in [-0.15, -0.1) is 0 Å². The van der Waals surface area contributed by atoms with Crippen molar-refractivity contribution in [2.45, 2.75) is 78.6 Å². The van der Waals surface area contributed by atoms with Crippen molar-refractivity contribution in [3.63, 3.8) is 0 Å². The Morgan fingerprint density at radius 1 is 0.885 bits per heavy atom. The molecule has 1 aromatic carbocycles. The summed E-state index contributed by atoms with van der Waals surface area (Å²) in [6.45, 7) is 10.3. The highest BCUT2D eigenvalue weighted by Gasteiger charge is 2.21. The normalized spacial score (nSPS) is 14.7. The lowest BCUT2D eigenvalue weighted by atomic mass is 10.1. The van der Waals surface area contributed by atoms with E-state index in [0.29, 0.717) is 5.91 Å². The second-order valence-electron chi connectivity index (χ2n) is 7.81. The fourth-order valence-electron chi connectivity index (χ4n) is 3.84. The average molecular weight is 359 g/mol. The Morgan fingerprint density at radius 3 is 2.15 bits per heavy atom. The molecule has 0 saturated carbocycles. The van der Waals surface area contributed by atoms with Crippen LogP contribution in [0.2, 0.25) is 0 Å². The van der Waals surface area contributed by atoms with Crippen LogP contribution in [-0.4, -0.2) is 37.0 Å². The summed E-state index contributed by atoms with van der Waals surface area (Å²) in [5, 5.41) is 0. The van der Waals surface area contributed by atoms with Crippen LogP contribution in [0.1, 0.15) is 75.8 Å². The molecule has 1 fully saturated rings. The molecule has 0 bridgehead atoms. The Hall–Kier alpha value is -1.51. The smallest absolute Gasteiger partial charge is 0.222 e. The minimum atomic E-state index is 0.358. The third-order valence-corrected chi connectivity index (χ3v) is 5.79. The van der Waals surface area contributed by atoms with Crippen LogP contribution in [0.25, 0.3) is 0 Å². The van der Waals surface area contributed by atoms with Gasteiger partial charge in [0.25, 0.3) is 0 Å². The van der Waals surface area contributed by atoms with Crippen molar-refractivity contribution in [2.75, 3.05) is 31.1 Å². The van der Waals surface area contributed by atoms with E-state index in [1.54, 1.807) is 0 Å². The molecule has 0 radical (unpaired) electrons. The van der Waals surface area contributed by atoms with Crippen molar-refractivity contribution < 1.29 is 4.79 Å². The molecule has 1 aromatic rings. The molecule has 1 amide bonds. The molecule has 2 rings (SSSR count). The van der Waals surface area contributed by atoms with Crippen LogP contribution in [0.15, 0.2) is 18.2 Å². The number of amides is 1. The van der Waals surface area contributed by atoms with E-state index in [4.69, 9.17) is 0 Å². The lowest BCUT2D eigenvalue weighted by molar-refractivity contribution is -0.131. The Kier molecular flexibility index (Phi) is 9.00. The van der Waals surface area contributed by atoms with E-state index in [1.807, 2.05) is 0 Å². The van der Waals surface area contributed by atoms with Crippen LogP contribution in [0.4, 0.5) is 5.69 Å². The molecule has 1 saturated heterocycles. The van der Waals surface area contributed by atoms with Crippen LogP contribution < -0.4 is 4.90 Å². The van der Waals surface area contributed by atoms with E-state index in [-0.39, 0.29) is 0 Å². The lowest BCUT2D eigenvalue weighted by Crippen LogP contribution is -2.49. The van der Waals surface area contributed by atoms with Crippen molar-refractivity contribution in [3.8, 4) is 0 Å². The van der Waals surface area contributed by atoms with E-state index in [9.17, 15) is 4.79 Å². The SMILES string of the molecule is CCCCCCCCCCC(=O)N1CCN(c2cccc(C)c2C)CC1. The molecule has 0 aromatic heterocycles. The number of carbonyl (C=O) groups is 1. The summed E-state index contributed by atoms with van der Waals surface area (Å²) in [7, 11) is 0. The summed E-state index contributed by atoms with van der Waals surface area (Å²) in [6.07, 6.45) is 11.0. The molecule has 0 N–H and O–H groups in total. The van der Waals surface area contributed by atoms with Crippen molar-refractivity contribution in [1.29, 1.82) is 0 Å². The van der Waals surface area contributed by atoms with Crippen LogP contribution in [0, 0.1) is 13.8 Å². The fraction of sp³-hybridized carbons (Fsp3) is 0.696. The maximum Gasteiger partial charge on any atom is 0.222 e. The highest BCUT2D eigenvalue weighted by molar-refractivity contribution is 5.76. The molecular formula is C23H38N2O. The van der Waals surface area contributed by atoms with E-state index in [2.05, 4.69) is 48.8 Å². The molecule has 1 aliphatic heterocycles. The van der Waals surface area contributed by atoms with Gasteiger partial charge < -0.3 is 9.80 Å². The first-order valence-electron chi connectivity index (χ1n) is 10.7. The molecule has 0 spiro atoms. The van der Waals surface area contributed by atoms with E-state index >= 15 is 0 Å². The number of hydrogen-bond acceptors (Lipinski definition) is 2. The van der Waals surface area contributed by atoms with Crippen molar-refractivity contribution >= 4 is 11.6 Å². The molecule has 0 unspecified atom stereocenters. The number of carbonyl (C=O) groups excluding carboxylic acids is 1. The zero-order valence-corrected chi connectivity index (χ0v) is 17.2. The number of hydrogen-bond donors (Lipinski definition) is 0. The highest BCUT2D eigenvalue weighted by atomic mass is 16.2. The van der Waals surface area contributed by atoms with E-state index < -0.39 is 0 Å². The third kappa shape index (κ3) is 6.34. The van der Waals surface area contributed by atoms with Crippen LogP contribution in [0.5, 0.6) is 0 Å². The van der Waals surface area contributed by atoms with Gasteiger partial charge in [-0.25, -0.2) is 0 Å². The quantitative estimate of drug-likeness (QED) is 0.517. The van der Waals surface area contributed by atoms with Gasteiger partial charge in [0, 0.05) is 38.3 Å². The first-order valence-corrected chi connectivity index (χ1v) is 10.7. The standard InChI is InChI=1S/C23H38N2O/c1-4-5-6-7-8-9-10-11-15-23(26)25-18-16-24(17-19-25)22-14-12-13-20(2)21(22)3/h12-14H,4-11,15-19H2,1-3H3. The average Bonchev–Trinajstić information content (AvgIpc) is 2.66. The first-order chi connectivity index (χ1) is 12.6. The van der Waals surface area contributed by atoms with Crippen molar-refractivity contribution in [1.82, 2.24) is 4.90 Å². The van der Waals surface area contributed by atoms with E-state index in [0.717, 1.165) is 39.0 Å². The minimum absolute atomic E-state index is 0.358. The Balaban J connectivity index is 1.63. The van der Waals surface area contributed by atoms with Gasteiger partial charge in [-0.3, -0.25) is 4.79 Å². The Labute approximate surface area is 160 Å². The van der Waals surface area contributed by atoms with Crippen molar-refractivity contribution in [2.24, 2.45) is 0 Å². The predicted molar refractivity (Wildman–Crippen MR) is 112 cm³/mol. The third-order valence-electron chi connectivity index (χ3n) is 5.79. The van der Waals surface area contributed by atoms with E-state index in [1.165, 1.54) is 61.8 Å². The molecule has 1 aliphatic rings. The van der Waals surface area contributed by atoms with Crippen molar-refractivity contribution in [3.05, 3.63) is 29.3 Å². The van der Waals surface area contributed by atoms with Gasteiger partial charge in [0.05, 0.1) is 0 Å². The van der Waals surface area contributed by atoms with Gasteiger partial charge in [-0.2, -0.15) is 0 Å². The van der Waals surface area contributed by atoms with Gasteiger partial charge >= 0.3 is 0 Å². The Bertz CT molecular complexity index is 547. The van der Waals surface area contributed by atoms with Gasteiger partial charge in [0.15, 0.2) is 0 Å². The molecular weight excluding hydrogens is 320 g/mol. The lowest BCUT2D eigenvalue weighted by Gasteiger charge is -2.37. The van der Waals surface area contributed by atoms with Crippen LogP contribution >= 0.6 is 0 Å². The molecule has 146 valence electrons. The predicted octanol–water partition coefficient (Wildman–Crippen LogP) is 5.48. The number of nitrogens with zero attached hydrogens (tertiary/aromatic N) is 2. The molecule has 1 heterocycles. The monoisotopic (exact) mass is 358 g/mol. The molecule has 0 aliphatic carbocycles. The summed E-state index contributed by atoms with van der Waals surface area (Å²) in [5.74, 6) is 0.358. The van der Waals surface area contributed by atoms with Gasteiger partial charge in [-0.1, -0.05) is 64.0 Å². The van der Waals surface area contributed by atoms with Gasteiger partial charge in [0.2, 0.25) is 5.91 Å². The summed E-state index contributed by atoms with van der Waals surface area (Å²) >= 11 is 0. The number of aryl methyl sites for hydroxylation is 1. The Morgan fingerprint density at radius 2 is 1.50 bits per heavy atom. The first kappa shape index (κ1) is 20.8. The van der Waals surface area contributed by atoms with Crippen LogP contribution in [0.3, 0.4) is 0 Å². The summed E-state index contributed by atoms with van der Waals surface area (Å²) in [6, 6.07) is 6.51. The van der Waals surface area contributed by atoms with Crippen LogP contribution in [-0.2, 0) is 4.79 Å². The maximum atomic E-state index is 12.4. The fourth-order valence-corrected chi connectivity index (χ4v) is 3.84. The molecule has 3 heteroatoms. The second kappa shape index (κ2) is 11.3. The summed E-state index contributed by atoms with van der Waals surface area (Å²) in [5.41, 5.74) is 4.04. The highest BCUT2D eigenvalue weighted by Crippen LogP contribution is 2.24. The number of rotatable bonds is 10. The number of piperazine rings is 1. The molecule has 0 atom stereocenters. The zero-order valence-electron chi connectivity index (χ0n) is 17.2. The zero-order chi connectivity index (χ0) is 18.8. The maximum absolute atomic E-state index is 12.4. The number of unbranched alkanes of at least 4 members (excludes halogenated alkanes) is 7. The molecule has 26 heavy (non-hydrogen) atoms. The summed E-state index contributed by atoms with van der Waals surface area (Å²) in [4.78, 5) is 16.9.